The van der Waals surface area contributed by atoms with Crippen LogP contribution in [0.2, 0.25) is 0 Å². The lowest BCUT2D eigenvalue weighted by atomic mass is 9.76. The van der Waals surface area contributed by atoms with Crippen molar-refractivity contribution in [2.45, 2.75) is 26.2 Å². The molecule has 1 aliphatic heterocycles. The summed E-state index contributed by atoms with van der Waals surface area (Å²) in [7, 11) is 0. The van der Waals surface area contributed by atoms with Gasteiger partial charge in [0.2, 0.25) is 0 Å². The predicted octanol–water partition coefficient (Wildman–Crippen LogP) is 3.15. The predicted molar refractivity (Wildman–Crippen MR) is 84.6 cm³/mol. The van der Waals surface area contributed by atoms with E-state index in [1.165, 1.54) is 18.2 Å². The molecule has 1 aromatic rings. The van der Waals surface area contributed by atoms with Crippen LogP contribution in [-0.4, -0.2) is 35.0 Å². The number of piperidine rings is 1. The van der Waals surface area contributed by atoms with E-state index in [1.54, 1.807) is 4.90 Å². The van der Waals surface area contributed by atoms with Crippen LogP contribution in [0, 0.1) is 14.8 Å². The molecule has 2 rings (SSSR count). The molecule has 0 saturated carbocycles. The third-order valence-corrected chi connectivity index (χ3v) is 5.19. The number of hydrogen-bond donors (Lipinski definition) is 1. The van der Waals surface area contributed by atoms with Crippen LogP contribution in [-0.2, 0) is 4.79 Å². The highest BCUT2D eigenvalue weighted by atomic mass is 127. The second-order valence-corrected chi connectivity index (χ2v) is 6.52. The van der Waals surface area contributed by atoms with Gasteiger partial charge in [-0.2, -0.15) is 0 Å². The summed E-state index contributed by atoms with van der Waals surface area (Å²) in [5.74, 6) is -1.31. The van der Waals surface area contributed by atoms with Gasteiger partial charge in [0.1, 0.15) is 5.82 Å². The Morgan fingerprint density at radius 3 is 2.48 bits per heavy atom. The van der Waals surface area contributed by atoms with Crippen LogP contribution in [0.4, 0.5) is 4.39 Å². The number of carboxylic acid groups (broad SMARTS) is 1. The lowest BCUT2D eigenvalue weighted by Gasteiger charge is -2.38. The molecule has 114 valence electrons. The molecule has 6 heteroatoms. The van der Waals surface area contributed by atoms with Crippen molar-refractivity contribution in [2.24, 2.45) is 5.41 Å². The number of carboxylic acids is 1. The smallest absolute Gasteiger partial charge is 0.309 e. The number of benzene rings is 1. The first kappa shape index (κ1) is 16.2. The number of nitrogens with zero attached hydrogens (tertiary/aromatic N) is 1. The minimum absolute atomic E-state index is 0.158. The molecule has 0 bridgehead atoms. The highest BCUT2D eigenvalue weighted by molar-refractivity contribution is 14.1. The van der Waals surface area contributed by atoms with Crippen LogP contribution in [0.5, 0.6) is 0 Å². The molecular weight excluding hydrogens is 388 g/mol. The molecule has 0 aromatic heterocycles. The van der Waals surface area contributed by atoms with Crippen molar-refractivity contribution in [3.8, 4) is 0 Å². The Kier molecular flexibility index (Phi) is 4.85. The Balaban J connectivity index is 2.12. The number of rotatable bonds is 3. The summed E-state index contributed by atoms with van der Waals surface area (Å²) < 4.78 is 13.7. The van der Waals surface area contributed by atoms with E-state index >= 15 is 0 Å². The number of aliphatic carboxylic acids is 1. The van der Waals surface area contributed by atoms with Crippen molar-refractivity contribution in [1.29, 1.82) is 0 Å². The number of halogens is 2. The van der Waals surface area contributed by atoms with Crippen molar-refractivity contribution < 1.29 is 19.1 Å². The van der Waals surface area contributed by atoms with Crippen molar-refractivity contribution >= 4 is 34.5 Å². The largest absolute Gasteiger partial charge is 0.481 e. The van der Waals surface area contributed by atoms with Gasteiger partial charge in [-0.1, -0.05) is 6.92 Å². The average Bonchev–Trinajstić information content (AvgIpc) is 2.46. The van der Waals surface area contributed by atoms with Gasteiger partial charge in [0.15, 0.2) is 0 Å². The summed E-state index contributed by atoms with van der Waals surface area (Å²) in [6, 6.07) is 4.08. The summed E-state index contributed by atoms with van der Waals surface area (Å²) >= 11 is 1.94. The van der Waals surface area contributed by atoms with E-state index in [9.17, 15) is 19.1 Å². The minimum Gasteiger partial charge on any atom is -0.481 e. The molecule has 0 unspecified atom stereocenters. The van der Waals surface area contributed by atoms with Gasteiger partial charge in [-0.3, -0.25) is 9.59 Å². The first-order valence-corrected chi connectivity index (χ1v) is 7.95. The zero-order valence-corrected chi connectivity index (χ0v) is 13.9. The van der Waals surface area contributed by atoms with Crippen LogP contribution in [0.1, 0.15) is 36.5 Å². The van der Waals surface area contributed by atoms with Crippen LogP contribution >= 0.6 is 22.6 Å². The standard InChI is InChI=1S/C15H17FINO3/c1-2-15(14(20)21)5-7-18(8-6-15)13(19)11-4-3-10(16)9-12(11)17/h3-4,9H,2,5-8H2,1H3,(H,20,21). The van der Waals surface area contributed by atoms with Crippen molar-refractivity contribution in [2.75, 3.05) is 13.1 Å². The molecule has 0 radical (unpaired) electrons. The molecule has 1 saturated heterocycles. The van der Waals surface area contributed by atoms with Gasteiger partial charge in [-0.05, 0) is 60.1 Å². The number of likely N-dealkylation sites (tertiary alicyclic amines) is 1. The number of amides is 1. The zero-order chi connectivity index (χ0) is 15.6. The second-order valence-electron chi connectivity index (χ2n) is 5.36. The summed E-state index contributed by atoms with van der Waals surface area (Å²) in [4.78, 5) is 25.5. The number of hydrogen-bond acceptors (Lipinski definition) is 2. The summed E-state index contributed by atoms with van der Waals surface area (Å²) in [6.45, 7) is 2.72. The Hall–Kier alpha value is -1.18. The first-order valence-electron chi connectivity index (χ1n) is 6.87. The molecule has 21 heavy (non-hydrogen) atoms. The number of carbonyl (C=O) groups excluding carboxylic acids is 1. The third-order valence-electron chi connectivity index (χ3n) is 4.30. The highest BCUT2D eigenvalue weighted by Gasteiger charge is 2.41. The number of carbonyl (C=O) groups is 2. The van der Waals surface area contributed by atoms with Crippen LogP contribution < -0.4 is 0 Å². The molecule has 1 heterocycles. The molecule has 0 atom stereocenters. The Morgan fingerprint density at radius 2 is 2.00 bits per heavy atom. The van der Waals surface area contributed by atoms with E-state index in [0.29, 0.717) is 41.5 Å². The SMILES string of the molecule is CCC1(C(=O)O)CCN(C(=O)c2ccc(F)cc2I)CC1. The van der Waals surface area contributed by atoms with E-state index in [2.05, 4.69) is 0 Å². The quantitative estimate of drug-likeness (QED) is 0.787. The molecule has 1 N–H and O–H groups in total. The fourth-order valence-corrected chi connectivity index (χ4v) is 3.40. The maximum absolute atomic E-state index is 13.1. The molecule has 1 aromatic carbocycles. The minimum atomic E-state index is -0.784. The first-order chi connectivity index (χ1) is 9.89. The lowest BCUT2D eigenvalue weighted by Crippen LogP contribution is -2.46. The van der Waals surface area contributed by atoms with Gasteiger partial charge in [0.25, 0.3) is 5.91 Å². The Morgan fingerprint density at radius 1 is 1.38 bits per heavy atom. The molecule has 1 fully saturated rings. The average molecular weight is 405 g/mol. The third kappa shape index (κ3) is 3.20. The normalized spacial score (nSPS) is 17.6. The summed E-state index contributed by atoms with van der Waals surface area (Å²) in [5.41, 5.74) is -0.247. The lowest BCUT2D eigenvalue weighted by molar-refractivity contribution is -0.152. The van der Waals surface area contributed by atoms with Gasteiger partial charge >= 0.3 is 5.97 Å². The Bertz CT molecular complexity index is 568. The van der Waals surface area contributed by atoms with Crippen molar-refractivity contribution in [3.05, 3.63) is 33.1 Å². The van der Waals surface area contributed by atoms with Gasteiger partial charge in [0, 0.05) is 16.7 Å². The maximum atomic E-state index is 13.1. The molecule has 0 aliphatic carbocycles. The van der Waals surface area contributed by atoms with Crippen LogP contribution in [0.25, 0.3) is 0 Å². The van der Waals surface area contributed by atoms with Crippen molar-refractivity contribution in [1.82, 2.24) is 4.90 Å². The monoisotopic (exact) mass is 405 g/mol. The van der Waals surface area contributed by atoms with E-state index in [1.807, 2.05) is 29.5 Å². The van der Waals surface area contributed by atoms with Crippen molar-refractivity contribution in [3.63, 3.8) is 0 Å². The molecule has 1 amide bonds. The van der Waals surface area contributed by atoms with E-state index in [0.717, 1.165) is 0 Å². The summed E-state index contributed by atoms with van der Waals surface area (Å²) in [5, 5.41) is 9.36. The topological polar surface area (TPSA) is 57.6 Å². The van der Waals surface area contributed by atoms with E-state index in [-0.39, 0.29) is 11.7 Å². The highest BCUT2D eigenvalue weighted by Crippen LogP contribution is 2.35. The maximum Gasteiger partial charge on any atom is 0.309 e. The summed E-state index contributed by atoms with van der Waals surface area (Å²) in [6.07, 6.45) is 1.49. The van der Waals surface area contributed by atoms with Gasteiger partial charge in [0.05, 0.1) is 11.0 Å². The van der Waals surface area contributed by atoms with Crippen LogP contribution in [0.15, 0.2) is 18.2 Å². The molecular formula is C15H17FINO3. The fourth-order valence-electron chi connectivity index (χ4n) is 2.69. The molecule has 0 spiro atoms. The van der Waals surface area contributed by atoms with Gasteiger partial charge in [-0.25, -0.2) is 4.39 Å². The fraction of sp³-hybridized carbons (Fsp3) is 0.467. The zero-order valence-electron chi connectivity index (χ0n) is 11.7. The molecule has 1 aliphatic rings. The van der Waals surface area contributed by atoms with E-state index < -0.39 is 11.4 Å². The van der Waals surface area contributed by atoms with E-state index in [4.69, 9.17) is 0 Å². The second kappa shape index (κ2) is 6.29. The molecule has 4 nitrogen and oxygen atoms in total. The van der Waals surface area contributed by atoms with Crippen LogP contribution in [0.3, 0.4) is 0 Å². The van der Waals surface area contributed by atoms with Gasteiger partial charge in [-0.15, -0.1) is 0 Å². The van der Waals surface area contributed by atoms with Gasteiger partial charge < -0.3 is 10.0 Å². The Labute approximate surface area is 136 Å².